The third-order valence-electron chi connectivity index (χ3n) is 1.37. The van der Waals surface area contributed by atoms with E-state index in [1.807, 2.05) is 18.3 Å². The van der Waals surface area contributed by atoms with Gasteiger partial charge in [0.2, 0.25) is 0 Å². The van der Waals surface area contributed by atoms with Gasteiger partial charge in [-0.15, -0.1) is 0 Å². The molecule has 0 radical (unpaired) electrons. The second-order valence-electron chi connectivity index (χ2n) is 2.06. The molecule has 0 saturated carbocycles. The standard InChI is InChI=1S/C6H15NO2Si/c1-8-10(3,9-2)6-4-5-7/h4,6H,5,7H2,1-3H3. The number of rotatable bonds is 4. The van der Waals surface area contributed by atoms with Crippen molar-refractivity contribution >= 4 is 8.56 Å². The zero-order chi connectivity index (χ0) is 8.04. The van der Waals surface area contributed by atoms with Gasteiger partial charge in [-0.3, -0.25) is 0 Å². The molecule has 0 unspecified atom stereocenters. The topological polar surface area (TPSA) is 44.5 Å². The first-order valence-corrected chi connectivity index (χ1v) is 5.56. The van der Waals surface area contributed by atoms with Crippen LogP contribution in [0.1, 0.15) is 0 Å². The molecule has 0 aromatic heterocycles. The van der Waals surface area contributed by atoms with Gasteiger partial charge in [-0.05, 0) is 12.2 Å². The lowest BCUT2D eigenvalue weighted by Crippen LogP contribution is -2.34. The Morgan fingerprint density at radius 1 is 1.40 bits per heavy atom. The van der Waals surface area contributed by atoms with Crippen LogP contribution in [0.3, 0.4) is 0 Å². The van der Waals surface area contributed by atoms with E-state index in [2.05, 4.69) is 0 Å². The molecule has 10 heavy (non-hydrogen) atoms. The van der Waals surface area contributed by atoms with Gasteiger partial charge < -0.3 is 14.6 Å². The van der Waals surface area contributed by atoms with E-state index in [4.69, 9.17) is 14.6 Å². The molecule has 0 aliphatic rings. The Labute approximate surface area is 63.1 Å². The molecule has 3 nitrogen and oxygen atoms in total. The van der Waals surface area contributed by atoms with Crippen LogP contribution in [0.15, 0.2) is 11.8 Å². The molecule has 0 bridgehead atoms. The Balaban J connectivity index is 3.92. The van der Waals surface area contributed by atoms with Gasteiger partial charge in [0.1, 0.15) is 0 Å². The normalized spacial score (nSPS) is 12.8. The average molecular weight is 161 g/mol. The van der Waals surface area contributed by atoms with Crippen LogP contribution < -0.4 is 5.73 Å². The van der Waals surface area contributed by atoms with Crippen LogP contribution in [0, 0.1) is 0 Å². The summed E-state index contributed by atoms with van der Waals surface area (Å²) in [7, 11) is 1.32. The Hall–Kier alpha value is -0.163. The summed E-state index contributed by atoms with van der Waals surface area (Å²) in [6.45, 7) is 2.49. The Morgan fingerprint density at radius 2 is 1.90 bits per heavy atom. The molecule has 0 fully saturated rings. The molecule has 0 aromatic rings. The highest BCUT2D eigenvalue weighted by atomic mass is 28.4. The van der Waals surface area contributed by atoms with E-state index in [1.165, 1.54) is 0 Å². The predicted molar refractivity (Wildman–Crippen MR) is 43.8 cm³/mol. The minimum absolute atomic E-state index is 0.537. The van der Waals surface area contributed by atoms with Crippen molar-refractivity contribution in [1.29, 1.82) is 0 Å². The molecule has 0 atom stereocenters. The first-order chi connectivity index (χ1) is 4.68. The lowest BCUT2D eigenvalue weighted by Gasteiger charge is -2.17. The molecule has 0 amide bonds. The Bertz CT molecular complexity index is 112. The summed E-state index contributed by atoms with van der Waals surface area (Å²) >= 11 is 0. The second-order valence-corrected chi connectivity index (χ2v) is 5.24. The van der Waals surface area contributed by atoms with E-state index in [9.17, 15) is 0 Å². The van der Waals surface area contributed by atoms with Gasteiger partial charge in [0.05, 0.1) is 0 Å². The minimum atomic E-state index is -1.98. The van der Waals surface area contributed by atoms with Crippen LogP contribution in [-0.4, -0.2) is 29.3 Å². The summed E-state index contributed by atoms with van der Waals surface area (Å²) in [5.41, 5.74) is 7.19. The molecule has 4 heteroatoms. The summed E-state index contributed by atoms with van der Waals surface area (Å²) in [5.74, 6) is 0. The van der Waals surface area contributed by atoms with E-state index >= 15 is 0 Å². The van der Waals surface area contributed by atoms with E-state index in [0.29, 0.717) is 6.54 Å². The van der Waals surface area contributed by atoms with Crippen LogP contribution >= 0.6 is 0 Å². The Morgan fingerprint density at radius 3 is 2.20 bits per heavy atom. The van der Waals surface area contributed by atoms with Crippen molar-refractivity contribution in [2.45, 2.75) is 6.55 Å². The summed E-state index contributed by atoms with van der Waals surface area (Å²) in [6, 6.07) is 0. The first-order valence-electron chi connectivity index (χ1n) is 3.16. The average Bonchev–Trinajstić information content (AvgIpc) is 2.00. The molecular weight excluding hydrogens is 146 g/mol. The molecule has 2 N–H and O–H groups in total. The van der Waals surface area contributed by atoms with Crippen LogP contribution in [-0.2, 0) is 8.85 Å². The van der Waals surface area contributed by atoms with Crippen molar-refractivity contribution in [3.05, 3.63) is 11.8 Å². The largest absolute Gasteiger partial charge is 0.395 e. The van der Waals surface area contributed by atoms with Crippen LogP contribution in [0.5, 0.6) is 0 Å². The van der Waals surface area contributed by atoms with E-state index < -0.39 is 8.56 Å². The third-order valence-corrected chi connectivity index (χ3v) is 3.83. The number of hydrogen-bond donors (Lipinski definition) is 1. The van der Waals surface area contributed by atoms with Crippen LogP contribution in [0.4, 0.5) is 0 Å². The van der Waals surface area contributed by atoms with Crippen molar-refractivity contribution in [1.82, 2.24) is 0 Å². The summed E-state index contributed by atoms with van der Waals surface area (Å²) < 4.78 is 10.3. The Kier molecular flexibility index (Phi) is 4.55. The molecule has 0 spiro atoms. The number of hydrogen-bond acceptors (Lipinski definition) is 3. The predicted octanol–water partition coefficient (Wildman–Crippen LogP) is 0.405. The fraction of sp³-hybridized carbons (Fsp3) is 0.667. The highest BCUT2D eigenvalue weighted by Crippen LogP contribution is 2.04. The maximum absolute atomic E-state index is 5.27. The molecule has 0 heterocycles. The highest BCUT2D eigenvalue weighted by molar-refractivity contribution is 6.71. The second kappa shape index (κ2) is 4.62. The monoisotopic (exact) mass is 161 g/mol. The van der Waals surface area contributed by atoms with Crippen molar-refractivity contribution < 1.29 is 8.85 Å². The van der Waals surface area contributed by atoms with Crippen molar-refractivity contribution in [2.24, 2.45) is 5.73 Å². The molecule has 0 aromatic carbocycles. The molecule has 60 valence electrons. The van der Waals surface area contributed by atoms with Gasteiger partial charge in [0.25, 0.3) is 0 Å². The van der Waals surface area contributed by atoms with Gasteiger partial charge in [0.15, 0.2) is 0 Å². The fourth-order valence-corrected chi connectivity index (χ4v) is 1.50. The van der Waals surface area contributed by atoms with Crippen LogP contribution in [0.25, 0.3) is 0 Å². The molecule has 0 aliphatic heterocycles. The molecule has 0 aliphatic carbocycles. The fourth-order valence-electron chi connectivity index (χ4n) is 0.502. The lowest BCUT2D eigenvalue weighted by molar-refractivity contribution is 0.264. The maximum atomic E-state index is 5.27. The van der Waals surface area contributed by atoms with Gasteiger partial charge >= 0.3 is 8.56 Å². The molecule has 0 rings (SSSR count). The zero-order valence-corrected chi connectivity index (χ0v) is 7.76. The van der Waals surface area contributed by atoms with Crippen molar-refractivity contribution in [3.63, 3.8) is 0 Å². The SMILES string of the molecule is CO[Si](C)(C=CCN)OC. The third kappa shape index (κ3) is 3.12. The van der Waals surface area contributed by atoms with Gasteiger partial charge in [0, 0.05) is 20.8 Å². The molecule has 0 saturated heterocycles. The van der Waals surface area contributed by atoms with E-state index in [-0.39, 0.29) is 0 Å². The van der Waals surface area contributed by atoms with Crippen LogP contribution in [0.2, 0.25) is 6.55 Å². The summed E-state index contributed by atoms with van der Waals surface area (Å²) in [5, 5.41) is 0. The van der Waals surface area contributed by atoms with Gasteiger partial charge in [-0.2, -0.15) is 0 Å². The lowest BCUT2D eigenvalue weighted by atomic mass is 10.7. The summed E-state index contributed by atoms with van der Waals surface area (Å²) in [4.78, 5) is 0. The van der Waals surface area contributed by atoms with Crippen molar-refractivity contribution in [2.75, 3.05) is 20.8 Å². The van der Waals surface area contributed by atoms with Gasteiger partial charge in [-0.1, -0.05) is 6.08 Å². The zero-order valence-electron chi connectivity index (χ0n) is 6.76. The maximum Gasteiger partial charge on any atom is 0.361 e. The van der Waals surface area contributed by atoms with Crippen molar-refractivity contribution in [3.8, 4) is 0 Å². The van der Waals surface area contributed by atoms with E-state index in [1.54, 1.807) is 14.2 Å². The summed E-state index contributed by atoms with van der Waals surface area (Å²) in [6.07, 6.45) is 1.86. The quantitative estimate of drug-likeness (QED) is 0.607. The number of nitrogens with two attached hydrogens (primary N) is 1. The molecular formula is C6H15NO2Si. The van der Waals surface area contributed by atoms with E-state index in [0.717, 1.165) is 0 Å². The first kappa shape index (κ1) is 9.84. The smallest absolute Gasteiger partial charge is 0.361 e. The minimum Gasteiger partial charge on any atom is -0.395 e. The van der Waals surface area contributed by atoms with Gasteiger partial charge in [-0.25, -0.2) is 0 Å². The highest BCUT2D eigenvalue weighted by Gasteiger charge is 2.23.